The van der Waals surface area contributed by atoms with Gasteiger partial charge in [0, 0.05) is 7.05 Å². The van der Waals surface area contributed by atoms with E-state index >= 15 is 0 Å². The van der Waals surface area contributed by atoms with Crippen molar-refractivity contribution in [2.45, 2.75) is 25.9 Å². The van der Waals surface area contributed by atoms with Gasteiger partial charge in [-0.3, -0.25) is 19.6 Å². The Labute approximate surface area is 108 Å². The summed E-state index contributed by atoms with van der Waals surface area (Å²) in [7, 11) is 1.36. The van der Waals surface area contributed by atoms with E-state index in [0.29, 0.717) is 0 Å². The van der Waals surface area contributed by atoms with Crippen molar-refractivity contribution in [2.75, 3.05) is 7.05 Å². The first kappa shape index (κ1) is 14.6. The number of amides is 1. The summed E-state index contributed by atoms with van der Waals surface area (Å²) < 4.78 is 1.09. The number of likely N-dealkylation sites (N-methyl/N-ethyl adjacent to an activating group) is 1. The number of nitrogens with zero attached hydrogens (tertiary/aromatic N) is 4. The number of carbonyl (C=O) groups excluding carboxylic acids is 1. The highest BCUT2D eigenvalue weighted by molar-refractivity contribution is 5.86. The molecule has 9 heteroatoms. The van der Waals surface area contributed by atoms with Crippen molar-refractivity contribution in [3.8, 4) is 0 Å². The molecular weight excluding hydrogens is 256 g/mol. The van der Waals surface area contributed by atoms with Crippen LogP contribution in [0.1, 0.15) is 13.8 Å². The molecule has 1 amide bonds. The van der Waals surface area contributed by atoms with E-state index in [1.165, 1.54) is 20.9 Å². The molecule has 1 heterocycles. The molecule has 0 saturated carbocycles. The summed E-state index contributed by atoms with van der Waals surface area (Å²) in [4.78, 5) is 33.8. The standard InChI is InChI=1S/C10H14N4O5/c1-10(2,9(16)17)12(3)8(15)6-13-5-7(4-11-13)14(18)19/h4-5H,6H2,1-3H3,(H,16,17). The molecular formula is C10H14N4O5. The van der Waals surface area contributed by atoms with Crippen LogP contribution in [0.2, 0.25) is 0 Å². The monoisotopic (exact) mass is 270 g/mol. The molecule has 0 atom stereocenters. The minimum Gasteiger partial charge on any atom is -0.480 e. The molecule has 0 spiro atoms. The van der Waals surface area contributed by atoms with Crippen LogP contribution >= 0.6 is 0 Å². The summed E-state index contributed by atoms with van der Waals surface area (Å²) in [6.07, 6.45) is 2.13. The lowest BCUT2D eigenvalue weighted by molar-refractivity contribution is -0.385. The van der Waals surface area contributed by atoms with Gasteiger partial charge in [-0.1, -0.05) is 0 Å². The van der Waals surface area contributed by atoms with E-state index in [4.69, 9.17) is 5.11 Å². The van der Waals surface area contributed by atoms with Gasteiger partial charge in [-0.25, -0.2) is 4.79 Å². The Balaban J connectivity index is 2.79. The maximum atomic E-state index is 11.9. The van der Waals surface area contributed by atoms with Gasteiger partial charge in [-0.2, -0.15) is 5.10 Å². The van der Waals surface area contributed by atoms with E-state index < -0.39 is 22.3 Å². The molecule has 0 bridgehead atoms. The average molecular weight is 270 g/mol. The average Bonchev–Trinajstić information content (AvgIpc) is 2.76. The SMILES string of the molecule is CN(C(=O)Cn1cc([N+](=O)[O-])cn1)C(C)(C)C(=O)O. The number of rotatable bonds is 5. The molecule has 0 aromatic carbocycles. The van der Waals surface area contributed by atoms with Crippen LogP contribution in [0.5, 0.6) is 0 Å². The molecule has 0 aliphatic carbocycles. The second-order valence-corrected chi connectivity index (χ2v) is 4.47. The molecule has 9 nitrogen and oxygen atoms in total. The summed E-state index contributed by atoms with van der Waals surface area (Å²) in [6, 6.07) is 0. The van der Waals surface area contributed by atoms with Gasteiger partial charge in [0.1, 0.15) is 24.5 Å². The van der Waals surface area contributed by atoms with E-state index in [2.05, 4.69) is 5.10 Å². The van der Waals surface area contributed by atoms with Gasteiger partial charge < -0.3 is 10.0 Å². The minimum atomic E-state index is -1.36. The Hall–Kier alpha value is -2.45. The van der Waals surface area contributed by atoms with Crippen LogP contribution in [0, 0.1) is 10.1 Å². The number of carbonyl (C=O) groups is 2. The fourth-order valence-corrected chi connectivity index (χ4v) is 1.23. The summed E-state index contributed by atoms with van der Waals surface area (Å²) in [5.74, 6) is -1.65. The normalized spacial score (nSPS) is 11.1. The molecule has 1 N–H and O–H groups in total. The van der Waals surface area contributed by atoms with Gasteiger partial charge in [-0.15, -0.1) is 0 Å². The third-order valence-electron chi connectivity index (χ3n) is 2.86. The molecule has 1 aromatic heterocycles. The van der Waals surface area contributed by atoms with Gasteiger partial charge in [0.25, 0.3) is 0 Å². The number of aliphatic carboxylic acids is 1. The fourth-order valence-electron chi connectivity index (χ4n) is 1.23. The first-order chi connectivity index (χ1) is 8.66. The van der Waals surface area contributed by atoms with E-state index in [1.807, 2.05) is 0 Å². The lowest BCUT2D eigenvalue weighted by atomic mass is 10.0. The van der Waals surface area contributed by atoms with Crippen molar-refractivity contribution in [2.24, 2.45) is 0 Å². The topological polar surface area (TPSA) is 119 Å². The third kappa shape index (κ3) is 3.06. The number of hydrogen-bond acceptors (Lipinski definition) is 5. The maximum Gasteiger partial charge on any atom is 0.329 e. The quantitative estimate of drug-likeness (QED) is 0.599. The van der Waals surface area contributed by atoms with Crippen LogP contribution in [-0.4, -0.2) is 49.2 Å². The van der Waals surface area contributed by atoms with Gasteiger partial charge >= 0.3 is 11.7 Å². The molecule has 19 heavy (non-hydrogen) atoms. The largest absolute Gasteiger partial charge is 0.480 e. The zero-order valence-electron chi connectivity index (χ0n) is 10.7. The van der Waals surface area contributed by atoms with Crippen molar-refractivity contribution >= 4 is 17.6 Å². The van der Waals surface area contributed by atoms with Crippen molar-refractivity contribution in [1.82, 2.24) is 14.7 Å². The van der Waals surface area contributed by atoms with Crippen LogP contribution < -0.4 is 0 Å². The minimum absolute atomic E-state index is 0.229. The summed E-state index contributed by atoms with van der Waals surface area (Å²) >= 11 is 0. The highest BCUT2D eigenvalue weighted by Crippen LogP contribution is 2.14. The Morgan fingerprint density at radius 1 is 1.58 bits per heavy atom. The Kier molecular flexibility index (Phi) is 3.88. The van der Waals surface area contributed by atoms with Crippen molar-refractivity contribution < 1.29 is 19.6 Å². The zero-order chi connectivity index (χ0) is 14.8. The molecule has 0 unspecified atom stereocenters. The predicted molar refractivity (Wildman–Crippen MR) is 63.4 cm³/mol. The molecule has 1 rings (SSSR count). The second-order valence-electron chi connectivity index (χ2n) is 4.47. The Morgan fingerprint density at radius 2 is 2.16 bits per heavy atom. The van der Waals surface area contributed by atoms with E-state index in [0.717, 1.165) is 22.0 Å². The van der Waals surface area contributed by atoms with Gasteiger partial charge in [0.05, 0.1) is 4.92 Å². The number of nitro groups is 1. The van der Waals surface area contributed by atoms with E-state index in [9.17, 15) is 19.7 Å². The van der Waals surface area contributed by atoms with E-state index in [1.54, 1.807) is 0 Å². The molecule has 0 fully saturated rings. The summed E-state index contributed by atoms with van der Waals surface area (Å²) in [5, 5.41) is 23.1. The van der Waals surface area contributed by atoms with Gasteiger partial charge in [0.2, 0.25) is 5.91 Å². The molecule has 104 valence electrons. The summed E-state index contributed by atoms with van der Waals surface area (Å²) in [5.41, 5.74) is -1.59. The molecule has 1 aromatic rings. The van der Waals surface area contributed by atoms with Gasteiger partial charge in [0.15, 0.2) is 0 Å². The smallest absolute Gasteiger partial charge is 0.329 e. The molecule has 0 aliphatic heterocycles. The first-order valence-electron chi connectivity index (χ1n) is 5.33. The van der Waals surface area contributed by atoms with Crippen LogP contribution in [0.4, 0.5) is 5.69 Å². The van der Waals surface area contributed by atoms with E-state index in [-0.39, 0.29) is 12.2 Å². The number of aromatic nitrogens is 2. The Bertz CT molecular complexity index is 522. The summed E-state index contributed by atoms with van der Waals surface area (Å²) in [6.45, 7) is 2.51. The predicted octanol–water partition coefficient (Wildman–Crippen LogP) is 0.113. The van der Waals surface area contributed by atoms with Crippen LogP contribution in [-0.2, 0) is 16.1 Å². The first-order valence-corrected chi connectivity index (χ1v) is 5.33. The number of carboxylic acids is 1. The third-order valence-corrected chi connectivity index (χ3v) is 2.86. The highest BCUT2D eigenvalue weighted by atomic mass is 16.6. The number of carboxylic acid groups (broad SMARTS) is 1. The molecule has 0 saturated heterocycles. The lowest BCUT2D eigenvalue weighted by Gasteiger charge is -2.31. The Morgan fingerprint density at radius 3 is 2.58 bits per heavy atom. The zero-order valence-corrected chi connectivity index (χ0v) is 10.7. The maximum absolute atomic E-state index is 11.9. The highest BCUT2D eigenvalue weighted by Gasteiger charge is 2.35. The molecule has 0 radical (unpaired) electrons. The lowest BCUT2D eigenvalue weighted by Crippen LogP contribution is -2.51. The number of hydrogen-bond donors (Lipinski definition) is 1. The van der Waals surface area contributed by atoms with Crippen molar-refractivity contribution in [3.05, 3.63) is 22.5 Å². The van der Waals surface area contributed by atoms with Gasteiger partial charge in [-0.05, 0) is 13.8 Å². The van der Waals surface area contributed by atoms with Crippen molar-refractivity contribution in [3.63, 3.8) is 0 Å². The van der Waals surface area contributed by atoms with Crippen LogP contribution in [0.25, 0.3) is 0 Å². The fraction of sp³-hybridized carbons (Fsp3) is 0.500. The van der Waals surface area contributed by atoms with Crippen LogP contribution in [0.3, 0.4) is 0 Å². The molecule has 0 aliphatic rings. The second kappa shape index (κ2) is 5.04. The van der Waals surface area contributed by atoms with Crippen molar-refractivity contribution in [1.29, 1.82) is 0 Å². The van der Waals surface area contributed by atoms with Crippen LogP contribution in [0.15, 0.2) is 12.4 Å².